The molecule has 0 aliphatic carbocycles. The van der Waals surface area contributed by atoms with E-state index in [4.69, 9.17) is 9.47 Å². The van der Waals surface area contributed by atoms with Crippen molar-refractivity contribution in [3.63, 3.8) is 0 Å². The van der Waals surface area contributed by atoms with Crippen molar-refractivity contribution in [1.29, 1.82) is 0 Å². The molecule has 24 heavy (non-hydrogen) atoms. The Kier molecular flexibility index (Phi) is 3.95. The number of non-ortho nitro benzene ring substituents is 1. The molecule has 3 heterocycles. The van der Waals surface area contributed by atoms with Crippen LogP contribution >= 0.6 is 0 Å². The molecule has 126 valence electrons. The number of H-pyrrole nitrogens is 1. The fourth-order valence-electron chi connectivity index (χ4n) is 3.64. The van der Waals surface area contributed by atoms with E-state index in [9.17, 15) is 10.1 Å². The molecule has 7 nitrogen and oxygen atoms in total. The fraction of sp³-hybridized carbons (Fsp3) is 0.412. The third-order valence-electron chi connectivity index (χ3n) is 4.70. The van der Waals surface area contributed by atoms with Crippen molar-refractivity contribution in [1.82, 2.24) is 9.88 Å². The van der Waals surface area contributed by atoms with E-state index in [2.05, 4.69) is 16.0 Å². The minimum atomic E-state index is -0.356. The monoisotopic (exact) mass is 329 g/mol. The molecule has 2 aromatic rings. The van der Waals surface area contributed by atoms with Crippen molar-refractivity contribution < 1.29 is 14.4 Å². The molecular formula is C17H19N3O4. The van der Waals surface area contributed by atoms with Crippen LogP contribution in [-0.4, -0.2) is 28.1 Å². The Bertz CT molecular complexity index is 745. The lowest BCUT2D eigenvalue weighted by atomic mass is 10.1. The van der Waals surface area contributed by atoms with Gasteiger partial charge in [0, 0.05) is 41.7 Å². The van der Waals surface area contributed by atoms with E-state index >= 15 is 0 Å². The molecular weight excluding hydrogens is 310 g/mol. The number of nitrogens with one attached hydrogen (secondary N) is 1. The molecule has 1 atom stereocenters. The number of nitro benzene ring substituents is 1. The summed E-state index contributed by atoms with van der Waals surface area (Å²) in [5, 5.41) is 11.2. The number of nitrogens with zero attached hydrogens (tertiary/aromatic N) is 2. The molecule has 0 amide bonds. The van der Waals surface area contributed by atoms with Crippen molar-refractivity contribution in [3.8, 4) is 5.75 Å². The van der Waals surface area contributed by atoms with Crippen molar-refractivity contribution in [2.45, 2.75) is 32.0 Å². The number of aromatic amines is 1. The zero-order valence-corrected chi connectivity index (χ0v) is 13.2. The highest BCUT2D eigenvalue weighted by Gasteiger charge is 2.29. The van der Waals surface area contributed by atoms with Gasteiger partial charge in [-0.3, -0.25) is 15.0 Å². The Morgan fingerprint density at radius 3 is 3.12 bits per heavy atom. The summed E-state index contributed by atoms with van der Waals surface area (Å²) in [5.74, 6) is 0.740. The van der Waals surface area contributed by atoms with Gasteiger partial charge in [-0.25, -0.2) is 0 Å². The molecule has 0 saturated carbocycles. The van der Waals surface area contributed by atoms with Gasteiger partial charge >= 0.3 is 0 Å². The van der Waals surface area contributed by atoms with Crippen LogP contribution in [0, 0.1) is 10.1 Å². The van der Waals surface area contributed by atoms with Crippen LogP contribution in [0.5, 0.6) is 5.75 Å². The van der Waals surface area contributed by atoms with Gasteiger partial charge in [-0.2, -0.15) is 0 Å². The van der Waals surface area contributed by atoms with Crippen LogP contribution < -0.4 is 4.74 Å². The third-order valence-corrected chi connectivity index (χ3v) is 4.70. The third kappa shape index (κ3) is 2.76. The van der Waals surface area contributed by atoms with Crippen LogP contribution in [-0.2, 0) is 17.9 Å². The zero-order chi connectivity index (χ0) is 16.5. The van der Waals surface area contributed by atoms with Crippen molar-refractivity contribution in [2.24, 2.45) is 0 Å². The second-order valence-corrected chi connectivity index (χ2v) is 6.21. The lowest BCUT2D eigenvalue weighted by Gasteiger charge is -2.26. The van der Waals surface area contributed by atoms with Crippen LogP contribution in [0.3, 0.4) is 0 Å². The van der Waals surface area contributed by atoms with Gasteiger partial charge in [0.2, 0.25) is 0 Å². The molecule has 2 aliphatic rings. The maximum absolute atomic E-state index is 11.2. The second-order valence-electron chi connectivity index (χ2n) is 6.21. The molecule has 0 unspecified atom stereocenters. The Labute approximate surface area is 139 Å². The van der Waals surface area contributed by atoms with E-state index < -0.39 is 0 Å². The molecule has 1 fully saturated rings. The van der Waals surface area contributed by atoms with E-state index in [0.717, 1.165) is 36.3 Å². The van der Waals surface area contributed by atoms with Gasteiger partial charge in [0.05, 0.1) is 17.6 Å². The summed E-state index contributed by atoms with van der Waals surface area (Å²) in [5.41, 5.74) is 2.89. The molecule has 4 rings (SSSR count). The zero-order valence-electron chi connectivity index (χ0n) is 13.2. The number of ether oxygens (including phenoxy) is 2. The molecule has 2 aliphatic heterocycles. The minimum Gasteiger partial charge on any atom is -0.467 e. The summed E-state index contributed by atoms with van der Waals surface area (Å²) in [6.45, 7) is 2.15. The van der Waals surface area contributed by atoms with Gasteiger partial charge in [-0.15, -0.1) is 0 Å². The van der Waals surface area contributed by atoms with Crippen molar-refractivity contribution in [2.75, 3.05) is 13.3 Å². The van der Waals surface area contributed by atoms with Crippen LogP contribution in [0.2, 0.25) is 0 Å². The largest absolute Gasteiger partial charge is 0.467 e. The molecule has 0 radical (unpaired) electrons. The molecule has 1 aromatic carbocycles. The number of nitro groups is 1. The van der Waals surface area contributed by atoms with Crippen LogP contribution in [0.1, 0.15) is 35.7 Å². The highest BCUT2D eigenvalue weighted by Crippen LogP contribution is 2.37. The van der Waals surface area contributed by atoms with Gasteiger partial charge in [-0.05, 0) is 31.5 Å². The Morgan fingerprint density at radius 2 is 2.33 bits per heavy atom. The maximum atomic E-state index is 11.2. The SMILES string of the molecule is O=[N+]([O-])c1cc2c(c(CN3CCC[C@@H]3c3ccc[nH]3)c1)OCOC2. The number of fused-ring (bicyclic) bond motifs is 1. The lowest BCUT2D eigenvalue weighted by molar-refractivity contribution is -0.385. The predicted octanol–water partition coefficient (Wildman–Crippen LogP) is 3.13. The van der Waals surface area contributed by atoms with Crippen molar-refractivity contribution >= 4 is 5.69 Å². The van der Waals surface area contributed by atoms with E-state index in [1.807, 2.05) is 12.3 Å². The van der Waals surface area contributed by atoms with Gasteiger partial charge in [-0.1, -0.05) is 0 Å². The topological polar surface area (TPSA) is 80.6 Å². The van der Waals surface area contributed by atoms with E-state index in [1.54, 1.807) is 12.1 Å². The van der Waals surface area contributed by atoms with Gasteiger partial charge in [0.15, 0.2) is 6.79 Å². The smallest absolute Gasteiger partial charge is 0.270 e. The summed E-state index contributed by atoms with van der Waals surface area (Å²) in [7, 11) is 0. The minimum absolute atomic E-state index is 0.0912. The molecule has 1 N–H and O–H groups in total. The Morgan fingerprint density at radius 1 is 1.42 bits per heavy atom. The summed E-state index contributed by atoms with van der Waals surface area (Å²) >= 11 is 0. The number of likely N-dealkylation sites (tertiary alicyclic amines) is 1. The number of benzene rings is 1. The first-order chi connectivity index (χ1) is 11.7. The standard InChI is InChI=1S/C17H19N3O4/c21-20(22)14-7-12(17-13(8-14)10-23-11-24-17)9-19-6-2-4-16(19)15-3-1-5-18-15/h1,3,5,7-8,16,18H,2,4,6,9-11H2/t16-/m1/s1. The predicted molar refractivity (Wildman–Crippen MR) is 86.6 cm³/mol. The molecule has 7 heteroatoms. The Hall–Kier alpha value is -2.38. The summed E-state index contributed by atoms with van der Waals surface area (Å²) < 4.78 is 10.9. The number of rotatable bonds is 4. The van der Waals surface area contributed by atoms with Crippen LogP contribution in [0.4, 0.5) is 5.69 Å². The maximum Gasteiger partial charge on any atom is 0.270 e. The number of aromatic nitrogens is 1. The van der Waals surface area contributed by atoms with Gasteiger partial charge in [0.1, 0.15) is 5.75 Å². The lowest BCUT2D eigenvalue weighted by Crippen LogP contribution is -2.24. The molecule has 0 spiro atoms. The van der Waals surface area contributed by atoms with E-state index in [-0.39, 0.29) is 17.4 Å². The van der Waals surface area contributed by atoms with Gasteiger partial charge < -0.3 is 14.5 Å². The number of hydrogen-bond donors (Lipinski definition) is 1. The first-order valence-corrected chi connectivity index (χ1v) is 8.10. The van der Waals surface area contributed by atoms with E-state index in [0.29, 0.717) is 19.2 Å². The quantitative estimate of drug-likeness (QED) is 0.688. The Balaban J connectivity index is 1.66. The first-order valence-electron chi connectivity index (χ1n) is 8.10. The van der Waals surface area contributed by atoms with Crippen LogP contribution in [0.15, 0.2) is 30.5 Å². The van der Waals surface area contributed by atoms with Crippen LogP contribution in [0.25, 0.3) is 0 Å². The summed E-state index contributed by atoms with van der Waals surface area (Å²) in [6, 6.07) is 7.59. The highest BCUT2D eigenvalue weighted by atomic mass is 16.7. The normalized spacial score (nSPS) is 20.6. The van der Waals surface area contributed by atoms with Crippen molar-refractivity contribution in [3.05, 3.63) is 57.4 Å². The summed E-state index contributed by atoms with van der Waals surface area (Å²) in [6.07, 6.45) is 4.13. The number of hydrogen-bond acceptors (Lipinski definition) is 5. The average Bonchev–Trinajstić information content (AvgIpc) is 3.25. The highest BCUT2D eigenvalue weighted by molar-refractivity contribution is 5.50. The first kappa shape index (κ1) is 15.2. The molecule has 0 bridgehead atoms. The molecule has 1 aromatic heterocycles. The summed E-state index contributed by atoms with van der Waals surface area (Å²) in [4.78, 5) is 16.5. The average molecular weight is 329 g/mol. The second kappa shape index (κ2) is 6.26. The fourth-order valence-corrected chi connectivity index (χ4v) is 3.64. The van der Waals surface area contributed by atoms with Gasteiger partial charge in [0.25, 0.3) is 5.69 Å². The van der Waals surface area contributed by atoms with E-state index in [1.165, 1.54) is 5.69 Å². The molecule has 1 saturated heterocycles.